The fraction of sp³-hybridized carbons (Fsp3) is 0.857. The fourth-order valence-corrected chi connectivity index (χ4v) is 0.653. The first-order valence-corrected chi connectivity index (χ1v) is 3.47. The summed E-state index contributed by atoms with van der Waals surface area (Å²) >= 11 is 0. The van der Waals surface area contributed by atoms with Gasteiger partial charge in [0.15, 0.2) is 0 Å². The van der Waals surface area contributed by atoms with Crippen LogP contribution >= 0.6 is 0 Å². The van der Waals surface area contributed by atoms with E-state index >= 15 is 0 Å². The first-order chi connectivity index (χ1) is 4.76. The van der Waals surface area contributed by atoms with E-state index in [2.05, 4.69) is 0 Å². The summed E-state index contributed by atoms with van der Waals surface area (Å²) in [6.45, 7) is 4.69. The van der Waals surface area contributed by atoms with Crippen molar-refractivity contribution < 1.29 is 15.0 Å². The van der Waals surface area contributed by atoms with Crippen LogP contribution in [-0.2, 0) is 4.79 Å². The summed E-state index contributed by atoms with van der Waals surface area (Å²) in [6, 6.07) is -1.00. The normalized spacial score (nSPS) is 17.5. The summed E-state index contributed by atoms with van der Waals surface area (Å²) in [4.78, 5) is 10.4. The molecule has 0 saturated heterocycles. The van der Waals surface area contributed by atoms with Gasteiger partial charge in [-0.1, -0.05) is 6.92 Å². The molecule has 0 heterocycles. The molecule has 4 N–H and O–H groups in total. The Morgan fingerprint density at radius 1 is 1.55 bits per heavy atom. The number of carbonyl (C=O) groups is 1. The number of nitrogens with two attached hydrogens (primary N) is 1. The molecule has 4 nitrogen and oxygen atoms in total. The fourth-order valence-electron chi connectivity index (χ4n) is 0.653. The molecule has 2 atom stereocenters. The molecule has 0 aromatic rings. The highest BCUT2D eigenvalue weighted by atomic mass is 16.4. The van der Waals surface area contributed by atoms with Gasteiger partial charge in [0.1, 0.15) is 6.04 Å². The average molecular weight is 161 g/mol. The summed E-state index contributed by atoms with van der Waals surface area (Å²) in [5.74, 6) is -1.54. The van der Waals surface area contributed by atoms with Gasteiger partial charge in [0.25, 0.3) is 0 Å². The second-order valence-electron chi connectivity index (χ2n) is 3.31. The monoisotopic (exact) mass is 161 g/mol. The van der Waals surface area contributed by atoms with Crippen LogP contribution in [0.4, 0.5) is 0 Å². The van der Waals surface area contributed by atoms with Crippen LogP contribution in [0.1, 0.15) is 20.8 Å². The lowest BCUT2D eigenvalue weighted by atomic mass is 9.87. The molecule has 66 valence electrons. The number of rotatable bonds is 3. The molecule has 0 radical (unpaired) electrons. The maximum Gasteiger partial charge on any atom is 0.320 e. The van der Waals surface area contributed by atoms with Crippen LogP contribution in [0.15, 0.2) is 0 Å². The Morgan fingerprint density at radius 2 is 1.91 bits per heavy atom. The van der Waals surface area contributed by atoms with E-state index in [1.807, 2.05) is 0 Å². The molecule has 0 saturated carbocycles. The molecule has 4 heteroatoms. The van der Waals surface area contributed by atoms with E-state index in [0.717, 1.165) is 0 Å². The number of carboxylic acid groups (broad SMARTS) is 1. The zero-order chi connectivity index (χ0) is 9.23. The van der Waals surface area contributed by atoms with E-state index in [-0.39, 0.29) is 0 Å². The van der Waals surface area contributed by atoms with Crippen LogP contribution in [-0.4, -0.2) is 27.8 Å². The highest BCUT2D eigenvalue weighted by Gasteiger charge is 2.31. The van der Waals surface area contributed by atoms with Gasteiger partial charge in [0.05, 0.1) is 5.60 Å². The number of aliphatic hydroxyl groups is 1. The van der Waals surface area contributed by atoms with Crippen molar-refractivity contribution in [2.45, 2.75) is 32.4 Å². The molecule has 0 fully saturated rings. The molecule has 0 aliphatic carbocycles. The molecule has 11 heavy (non-hydrogen) atoms. The van der Waals surface area contributed by atoms with Gasteiger partial charge in [-0.25, -0.2) is 0 Å². The molecule has 0 aliphatic heterocycles. The third-order valence-electron chi connectivity index (χ3n) is 1.94. The van der Waals surface area contributed by atoms with Crippen LogP contribution in [0.25, 0.3) is 0 Å². The zero-order valence-corrected chi connectivity index (χ0v) is 7.03. The second kappa shape index (κ2) is 3.19. The minimum absolute atomic E-state index is 0.458. The van der Waals surface area contributed by atoms with Crippen molar-refractivity contribution in [3.63, 3.8) is 0 Å². The molecule has 0 rings (SSSR count). The van der Waals surface area contributed by atoms with Crippen molar-refractivity contribution in [1.29, 1.82) is 0 Å². The minimum atomic E-state index is -1.08. The topological polar surface area (TPSA) is 83.6 Å². The average Bonchev–Trinajstić information content (AvgIpc) is 1.82. The zero-order valence-electron chi connectivity index (χ0n) is 7.03. The molecular weight excluding hydrogens is 146 g/mol. The van der Waals surface area contributed by atoms with E-state index in [0.29, 0.717) is 0 Å². The first-order valence-electron chi connectivity index (χ1n) is 3.47. The van der Waals surface area contributed by atoms with Gasteiger partial charge in [-0.15, -0.1) is 0 Å². The molecule has 0 bridgehead atoms. The SMILES string of the molecule is CC([C@H](N)C(=O)O)C(C)(C)O. The van der Waals surface area contributed by atoms with E-state index in [9.17, 15) is 9.90 Å². The van der Waals surface area contributed by atoms with Crippen molar-refractivity contribution in [1.82, 2.24) is 0 Å². The Morgan fingerprint density at radius 3 is 2.00 bits per heavy atom. The van der Waals surface area contributed by atoms with E-state index < -0.39 is 23.5 Å². The second-order valence-corrected chi connectivity index (χ2v) is 3.31. The highest BCUT2D eigenvalue weighted by Crippen LogP contribution is 2.18. The molecular formula is C7H15NO3. The molecule has 1 unspecified atom stereocenters. The maximum atomic E-state index is 10.4. The van der Waals surface area contributed by atoms with Crippen molar-refractivity contribution in [3.8, 4) is 0 Å². The van der Waals surface area contributed by atoms with Gasteiger partial charge in [-0.3, -0.25) is 4.79 Å². The molecule has 0 aromatic carbocycles. The molecule has 0 amide bonds. The first kappa shape index (κ1) is 10.4. The molecule has 0 aliphatic rings. The Labute approximate surface area is 66.0 Å². The van der Waals surface area contributed by atoms with Crippen LogP contribution in [0, 0.1) is 5.92 Å². The summed E-state index contributed by atoms with van der Waals surface area (Å²) in [5, 5.41) is 17.8. The Balaban J connectivity index is 4.25. The van der Waals surface area contributed by atoms with Gasteiger partial charge >= 0.3 is 5.97 Å². The third kappa shape index (κ3) is 2.86. The van der Waals surface area contributed by atoms with Gasteiger partial charge in [0, 0.05) is 5.92 Å². The number of aliphatic carboxylic acids is 1. The predicted octanol–water partition coefficient (Wildman–Crippen LogP) is -0.195. The Hall–Kier alpha value is -0.610. The van der Waals surface area contributed by atoms with E-state index in [4.69, 9.17) is 10.8 Å². The molecule has 0 spiro atoms. The maximum absolute atomic E-state index is 10.4. The summed E-state index contributed by atoms with van der Waals surface area (Å²) in [6.07, 6.45) is 0. The van der Waals surface area contributed by atoms with Crippen LogP contribution < -0.4 is 5.73 Å². The number of hydrogen-bond donors (Lipinski definition) is 3. The van der Waals surface area contributed by atoms with Crippen LogP contribution in [0.5, 0.6) is 0 Å². The largest absolute Gasteiger partial charge is 0.480 e. The van der Waals surface area contributed by atoms with E-state index in [1.165, 1.54) is 0 Å². The highest BCUT2D eigenvalue weighted by molar-refractivity contribution is 5.73. The minimum Gasteiger partial charge on any atom is -0.480 e. The van der Waals surface area contributed by atoms with Gasteiger partial charge in [0.2, 0.25) is 0 Å². The van der Waals surface area contributed by atoms with E-state index in [1.54, 1.807) is 20.8 Å². The van der Waals surface area contributed by atoms with Crippen molar-refractivity contribution in [2.24, 2.45) is 11.7 Å². The quantitative estimate of drug-likeness (QED) is 0.535. The predicted molar refractivity (Wildman–Crippen MR) is 41.1 cm³/mol. The van der Waals surface area contributed by atoms with Gasteiger partial charge < -0.3 is 15.9 Å². The lowest BCUT2D eigenvalue weighted by Crippen LogP contribution is -2.46. The summed E-state index contributed by atoms with van der Waals surface area (Å²) in [5.41, 5.74) is 4.24. The lowest BCUT2D eigenvalue weighted by Gasteiger charge is -2.28. The van der Waals surface area contributed by atoms with Crippen LogP contribution in [0.2, 0.25) is 0 Å². The summed E-state index contributed by atoms with van der Waals surface area (Å²) < 4.78 is 0. The Kier molecular flexibility index (Phi) is 3.02. The van der Waals surface area contributed by atoms with Crippen molar-refractivity contribution in [3.05, 3.63) is 0 Å². The lowest BCUT2D eigenvalue weighted by molar-refractivity contribution is -0.142. The number of carboxylic acids is 1. The molecule has 0 aromatic heterocycles. The Bertz CT molecular complexity index is 150. The van der Waals surface area contributed by atoms with Gasteiger partial charge in [-0.05, 0) is 13.8 Å². The van der Waals surface area contributed by atoms with Crippen molar-refractivity contribution >= 4 is 5.97 Å². The standard InChI is InChI=1S/C7H15NO3/c1-4(7(2,3)11)5(8)6(9)10/h4-5,11H,8H2,1-3H3,(H,9,10)/t4?,5-/m0/s1. The van der Waals surface area contributed by atoms with Crippen molar-refractivity contribution in [2.75, 3.05) is 0 Å². The smallest absolute Gasteiger partial charge is 0.320 e. The third-order valence-corrected chi connectivity index (χ3v) is 1.94. The summed E-state index contributed by atoms with van der Waals surface area (Å²) in [7, 11) is 0. The number of hydrogen-bond acceptors (Lipinski definition) is 3. The van der Waals surface area contributed by atoms with Gasteiger partial charge in [-0.2, -0.15) is 0 Å². The van der Waals surface area contributed by atoms with Crippen LogP contribution in [0.3, 0.4) is 0 Å².